The molecule has 0 bridgehead atoms. The molecule has 4 nitrogen and oxygen atoms in total. The third-order valence-electron chi connectivity index (χ3n) is 3.09. The van der Waals surface area contributed by atoms with E-state index in [0.717, 1.165) is 6.42 Å². The van der Waals surface area contributed by atoms with E-state index >= 15 is 0 Å². The minimum atomic E-state index is -0.254. The number of hydrogen-bond donors (Lipinski definition) is 1. The highest BCUT2D eigenvalue weighted by Gasteiger charge is 2.27. The van der Waals surface area contributed by atoms with Crippen molar-refractivity contribution in [1.82, 2.24) is 9.88 Å². The number of amides is 1. The Kier molecular flexibility index (Phi) is 3.52. The molecule has 1 fully saturated rings. The number of rotatable bonds is 1. The van der Waals surface area contributed by atoms with Crippen molar-refractivity contribution in [1.29, 1.82) is 0 Å². The number of carbonyl (C=O) groups is 1. The van der Waals surface area contributed by atoms with E-state index in [1.807, 2.05) is 6.92 Å². The molecule has 1 amide bonds. The Hall–Kier alpha value is -1.29. The number of piperidine rings is 1. The van der Waals surface area contributed by atoms with Gasteiger partial charge >= 0.3 is 0 Å². The summed E-state index contributed by atoms with van der Waals surface area (Å²) in [6, 6.07) is 4.61. The van der Waals surface area contributed by atoms with Crippen molar-refractivity contribution < 1.29 is 4.79 Å². The molecule has 2 rings (SSSR count). The van der Waals surface area contributed by atoms with Crippen LogP contribution in [-0.2, 0) is 0 Å². The van der Waals surface area contributed by atoms with Gasteiger partial charge in [-0.25, -0.2) is 0 Å². The SMILES string of the molecule is CC1CN(C(=O)c2cccc(=O)[nH]2)CCC1Cl. The van der Waals surface area contributed by atoms with Gasteiger partial charge < -0.3 is 9.88 Å². The normalized spacial score (nSPS) is 24.7. The van der Waals surface area contributed by atoms with Gasteiger partial charge in [-0.2, -0.15) is 0 Å². The summed E-state index contributed by atoms with van der Waals surface area (Å²) in [6.45, 7) is 3.32. The van der Waals surface area contributed by atoms with E-state index in [9.17, 15) is 9.59 Å². The minimum absolute atomic E-state index is 0.127. The third-order valence-corrected chi connectivity index (χ3v) is 3.73. The lowest BCUT2D eigenvalue weighted by Crippen LogP contribution is -2.43. The van der Waals surface area contributed by atoms with Crippen LogP contribution in [0.4, 0.5) is 0 Å². The fourth-order valence-electron chi connectivity index (χ4n) is 2.04. The van der Waals surface area contributed by atoms with Gasteiger partial charge in [-0.05, 0) is 18.4 Å². The van der Waals surface area contributed by atoms with E-state index in [0.29, 0.717) is 18.8 Å². The number of hydrogen-bond acceptors (Lipinski definition) is 2. The molecule has 1 aliphatic rings. The molecule has 2 unspecified atom stereocenters. The van der Waals surface area contributed by atoms with Gasteiger partial charge in [0.05, 0.1) is 0 Å². The molecule has 0 aliphatic carbocycles. The summed E-state index contributed by atoms with van der Waals surface area (Å²) >= 11 is 6.11. The van der Waals surface area contributed by atoms with Crippen molar-refractivity contribution in [2.24, 2.45) is 5.92 Å². The molecule has 0 spiro atoms. The second-order valence-corrected chi connectivity index (χ2v) is 5.02. The van der Waals surface area contributed by atoms with Crippen LogP contribution in [0.25, 0.3) is 0 Å². The molecule has 0 saturated carbocycles. The number of aromatic amines is 1. The number of nitrogens with zero attached hydrogens (tertiary/aromatic N) is 1. The fraction of sp³-hybridized carbons (Fsp3) is 0.500. The molecular formula is C12H15ClN2O2. The van der Waals surface area contributed by atoms with Crippen LogP contribution in [-0.4, -0.2) is 34.3 Å². The summed E-state index contributed by atoms with van der Waals surface area (Å²) in [5, 5.41) is 0.133. The van der Waals surface area contributed by atoms with Crippen LogP contribution < -0.4 is 5.56 Å². The Bertz CT molecular complexity index is 472. The Labute approximate surface area is 105 Å². The highest BCUT2D eigenvalue weighted by atomic mass is 35.5. The van der Waals surface area contributed by atoms with E-state index in [1.165, 1.54) is 6.07 Å². The fourth-order valence-corrected chi connectivity index (χ4v) is 2.22. The zero-order chi connectivity index (χ0) is 12.4. The Balaban J connectivity index is 2.13. The highest BCUT2D eigenvalue weighted by molar-refractivity contribution is 6.20. The topological polar surface area (TPSA) is 53.2 Å². The van der Waals surface area contributed by atoms with Crippen LogP contribution in [0.1, 0.15) is 23.8 Å². The van der Waals surface area contributed by atoms with Gasteiger partial charge in [-0.1, -0.05) is 13.0 Å². The molecule has 2 atom stereocenters. The zero-order valence-corrected chi connectivity index (χ0v) is 10.4. The van der Waals surface area contributed by atoms with E-state index in [-0.39, 0.29) is 22.8 Å². The minimum Gasteiger partial charge on any atom is -0.337 e. The largest absolute Gasteiger partial charge is 0.337 e. The molecule has 0 radical (unpaired) electrons. The molecule has 1 aromatic heterocycles. The number of carbonyl (C=O) groups excluding carboxylic acids is 1. The predicted molar refractivity (Wildman–Crippen MR) is 66.4 cm³/mol. The smallest absolute Gasteiger partial charge is 0.270 e. The molecule has 92 valence electrons. The molecular weight excluding hydrogens is 240 g/mol. The van der Waals surface area contributed by atoms with Crippen molar-refractivity contribution in [2.75, 3.05) is 13.1 Å². The second-order valence-electron chi connectivity index (χ2n) is 4.46. The summed E-state index contributed by atoms with van der Waals surface area (Å²) in [7, 11) is 0. The Morgan fingerprint density at radius 2 is 2.29 bits per heavy atom. The van der Waals surface area contributed by atoms with Crippen LogP contribution in [0.5, 0.6) is 0 Å². The van der Waals surface area contributed by atoms with Gasteiger partial charge in [0.1, 0.15) is 5.69 Å². The molecule has 1 saturated heterocycles. The Morgan fingerprint density at radius 1 is 1.53 bits per heavy atom. The van der Waals surface area contributed by atoms with E-state index < -0.39 is 0 Å². The molecule has 0 aromatic carbocycles. The number of pyridine rings is 1. The summed E-state index contributed by atoms with van der Waals surface area (Å²) in [6.07, 6.45) is 0.797. The maximum absolute atomic E-state index is 12.1. The van der Waals surface area contributed by atoms with Crippen molar-refractivity contribution in [2.45, 2.75) is 18.7 Å². The van der Waals surface area contributed by atoms with Crippen LogP contribution in [0.15, 0.2) is 23.0 Å². The average molecular weight is 255 g/mol. The first kappa shape index (κ1) is 12.2. The van der Waals surface area contributed by atoms with Crippen molar-refractivity contribution in [3.63, 3.8) is 0 Å². The monoisotopic (exact) mass is 254 g/mol. The van der Waals surface area contributed by atoms with Gasteiger partial charge in [0.15, 0.2) is 0 Å². The third kappa shape index (κ3) is 2.69. The number of likely N-dealkylation sites (tertiary alicyclic amines) is 1. The number of H-pyrrole nitrogens is 1. The summed E-state index contributed by atoms with van der Waals surface area (Å²) in [4.78, 5) is 27.6. The van der Waals surface area contributed by atoms with Gasteiger partial charge in [0, 0.05) is 24.5 Å². The maximum Gasteiger partial charge on any atom is 0.270 e. The number of aromatic nitrogens is 1. The van der Waals surface area contributed by atoms with Crippen molar-refractivity contribution >= 4 is 17.5 Å². The molecule has 2 heterocycles. The first-order valence-corrected chi connectivity index (χ1v) is 6.14. The zero-order valence-electron chi connectivity index (χ0n) is 9.65. The average Bonchev–Trinajstić information content (AvgIpc) is 2.32. The number of nitrogens with one attached hydrogen (secondary N) is 1. The van der Waals surface area contributed by atoms with Crippen LogP contribution in [0, 0.1) is 5.92 Å². The van der Waals surface area contributed by atoms with Crippen LogP contribution in [0.2, 0.25) is 0 Å². The number of halogens is 1. The predicted octanol–water partition coefficient (Wildman–Crippen LogP) is 1.46. The standard InChI is InChI=1S/C12H15ClN2O2/c1-8-7-15(6-5-9(8)13)12(17)10-3-2-4-11(16)14-10/h2-4,8-9H,5-7H2,1H3,(H,14,16). The number of alkyl halides is 1. The molecule has 17 heavy (non-hydrogen) atoms. The molecule has 1 aliphatic heterocycles. The summed E-state index contributed by atoms with van der Waals surface area (Å²) in [5.41, 5.74) is 0.0915. The van der Waals surface area contributed by atoms with Gasteiger partial charge in [-0.3, -0.25) is 9.59 Å². The van der Waals surface area contributed by atoms with Gasteiger partial charge in [0.2, 0.25) is 5.56 Å². The Morgan fingerprint density at radius 3 is 2.94 bits per heavy atom. The van der Waals surface area contributed by atoms with Gasteiger partial charge in [0.25, 0.3) is 5.91 Å². The van der Waals surface area contributed by atoms with Gasteiger partial charge in [-0.15, -0.1) is 11.6 Å². The second kappa shape index (κ2) is 4.92. The lowest BCUT2D eigenvalue weighted by molar-refractivity contribution is 0.0680. The maximum atomic E-state index is 12.1. The van der Waals surface area contributed by atoms with Crippen molar-refractivity contribution in [3.05, 3.63) is 34.2 Å². The lowest BCUT2D eigenvalue weighted by atomic mass is 9.99. The highest BCUT2D eigenvalue weighted by Crippen LogP contribution is 2.22. The van der Waals surface area contributed by atoms with Crippen LogP contribution >= 0.6 is 11.6 Å². The van der Waals surface area contributed by atoms with Crippen molar-refractivity contribution in [3.8, 4) is 0 Å². The first-order chi connectivity index (χ1) is 8.08. The van der Waals surface area contributed by atoms with E-state index in [1.54, 1.807) is 17.0 Å². The van der Waals surface area contributed by atoms with E-state index in [4.69, 9.17) is 11.6 Å². The molecule has 5 heteroatoms. The summed E-state index contributed by atoms with van der Waals surface area (Å²) in [5.74, 6) is 0.155. The quantitative estimate of drug-likeness (QED) is 0.772. The molecule has 1 N–H and O–H groups in total. The molecule has 1 aromatic rings. The van der Waals surface area contributed by atoms with Crippen LogP contribution in [0.3, 0.4) is 0 Å². The lowest BCUT2D eigenvalue weighted by Gasteiger charge is -2.33. The first-order valence-electron chi connectivity index (χ1n) is 5.70. The summed E-state index contributed by atoms with van der Waals surface area (Å²) < 4.78 is 0. The van der Waals surface area contributed by atoms with E-state index in [2.05, 4.69) is 4.98 Å².